The molecule has 4 rings (SSSR count). The van der Waals surface area contributed by atoms with Crippen molar-refractivity contribution < 1.29 is 18.4 Å². The van der Waals surface area contributed by atoms with Crippen molar-refractivity contribution in [1.29, 1.82) is 0 Å². The Bertz CT molecular complexity index is 1160. The third kappa shape index (κ3) is 3.94. The van der Waals surface area contributed by atoms with E-state index in [0.29, 0.717) is 22.2 Å². The Labute approximate surface area is 175 Å². The highest BCUT2D eigenvalue weighted by atomic mass is 32.2. The molecule has 3 aromatic heterocycles. The average molecular weight is 425 g/mol. The number of benzene rings is 1. The van der Waals surface area contributed by atoms with Crippen LogP contribution in [-0.4, -0.2) is 36.9 Å². The predicted octanol–water partition coefficient (Wildman–Crippen LogP) is 4.10. The third-order valence-electron chi connectivity index (χ3n) is 4.20. The monoisotopic (exact) mass is 425 g/mol. The summed E-state index contributed by atoms with van der Waals surface area (Å²) in [5.74, 6) is -0.494. The van der Waals surface area contributed by atoms with Gasteiger partial charge >= 0.3 is 5.97 Å². The maximum absolute atomic E-state index is 13.3. The molecule has 3 heterocycles. The summed E-state index contributed by atoms with van der Waals surface area (Å²) < 4.78 is 25.7. The van der Waals surface area contributed by atoms with Crippen LogP contribution in [0.15, 0.2) is 64.7 Å². The van der Waals surface area contributed by atoms with Crippen molar-refractivity contribution in [3.8, 4) is 17.1 Å². The van der Waals surface area contributed by atoms with Gasteiger partial charge < -0.3 is 9.26 Å². The highest BCUT2D eigenvalue weighted by Gasteiger charge is 2.24. The van der Waals surface area contributed by atoms with Gasteiger partial charge in [0, 0.05) is 23.6 Å². The number of aromatic nitrogens is 5. The summed E-state index contributed by atoms with van der Waals surface area (Å²) in [5, 5.41) is 4.47. The smallest absolute Gasteiger partial charge is 0.357 e. The van der Waals surface area contributed by atoms with Gasteiger partial charge in [0.2, 0.25) is 5.82 Å². The van der Waals surface area contributed by atoms with Gasteiger partial charge in [-0.1, -0.05) is 16.9 Å². The van der Waals surface area contributed by atoms with Gasteiger partial charge in [-0.3, -0.25) is 9.55 Å². The van der Waals surface area contributed by atoms with Crippen LogP contribution in [0.4, 0.5) is 4.39 Å². The Kier molecular flexibility index (Phi) is 5.57. The van der Waals surface area contributed by atoms with E-state index in [2.05, 4.69) is 20.1 Å². The quantitative estimate of drug-likeness (QED) is 0.337. The molecule has 0 fully saturated rings. The Morgan fingerprint density at radius 1 is 1.23 bits per heavy atom. The van der Waals surface area contributed by atoms with E-state index in [0.717, 1.165) is 0 Å². The van der Waals surface area contributed by atoms with Crippen molar-refractivity contribution in [2.45, 2.75) is 18.2 Å². The number of carbonyl (C=O) groups excluding carboxylic acids is 1. The topological polar surface area (TPSA) is 95.9 Å². The Morgan fingerprint density at radius 3 is 2.73 bits per heavy atom. The van der Waals surface area contributed by atoms with Crippen molar-refractivity contribution in [3.63, 3.8) is 0 Å². The first kappa shape index (κ1) is 19.8. The van der Waals surface area contributed by atoms with Gasteiger partial charge in [-0.2, -0.15) is 4.98 Å². The minimum absolute atomic E-state index is 0.153. The number of thioether (sulfide) groups is 1. The van der Waals surface area contributed by atoms with Crippen LogP contribution in [0, 0.1) is 5.82 Å². The number of pyridine rings is 1. The van der Waals surface area contributed by atoms with Crippen molar-refractivity contribution >= 4 is 17.7 Å². The second-order valence-electron chi connectivity index (χ2n) is 6.19. The third-order valence-corrected chi connectivity index (χ3v) is 4.85. The van der Waals surface area contributed by atoms with Crippen molar-refractivity contribution in [2.75, 3.05) is 6.26 Å². The van der Waals surface area contributed by atoms with Gasteiger partial charge in [-0.15, -0.1) is 0 Å². The van der Waals surface area contributed by atoms with E-state index in [9.17, 15) is 9.18 Å². The van der Waals surface area contributed by atoms with Crippen LogP contribution < -0.4 is 0 Å². The molecule has 1 atom stereocenters. The molecule has 8 nitrogen and oxygen atoms in total. The van der Waals surface area contributed by atoms with Crippen LogP contribution in [-0.2, 0) is 4.74 Å². The molecule has 1 aromatic carbocycles. The largest absolute Gasteiger partial charge is 0.448 e. The molecule has 0 saturated carbocycles. The Morgan fingerprint density at radius 2 is 2.03 bits per heavy atom. The van der Waals surface area contributed by atoms with Gasteiger partial charge in [0.05, 0.1) is 6.20 Å². The molecule has 0 spiro atoms. The summed E-state index contributed by atoms with van der Waals surface area (Å²) in [5.41, 5.74) is 1.48. The first-order valence-corrected chi connectivity index (χ1v) is 10.1. The van der Waals surface area contributed by atoms with E-state index >= 15 is 0 Å². The van der Waals surface area contributed by atoms with Crippen LogP contribution in [0.1, 0.15) is 29.4 Å². The van der Waals surface area contributed by atoms with Crippen LogP contribution in [0.25, 0.3) is 17.1 Å². The van der Waals surface area contributed by atoms with Gasteiger partial charge in [-0.25, -0.2) is 14.2 Å². The first-order valence-electron chi connectivity index (χ1n) is 8.89. The zero-order valence-electron chi connectivity index (χ0n) is 16.0. The number of carbonyl (C=O) groups is 1. The average Bonchev–Trinajstić information content (AvgIpc) is 3.42. The summed E-state index contributed by atoms with van der Waals surface area (Å²) in [7, 11) is 0. The van der Waals surface area contributed by atoms with Gasteiger partial charge in [0.25, 0.3) is 5.89 Å². The molecule has 1 unspecified atom stereocenters. The number of nitrogens with zero attached hydrogens (tertiary/aromatic N) is 5. The molecule has 0 amide bonds. The van der Waals surface area contributed by atoms with Crippen LogP contribution >= 0.6 is 11.8 Å². The number of ether oxygens (including phenoxy) is 1. The molecule has 0 aliphatic rings. The number of rotatable bonds is 6. The zero-order valence-corrected chi connectivity index (χ0v) is 16.8. The lowest BCUT2D eigenvalue weighted by Crippen LogP contribution is -2.14. The van der Waals surface area contributed by atoms with E-state index in [1.165, 1.54) is 30.1 Å². The lowest BCUT2D eigenvalue weighted by Gasteiger charge is -2.12. The molecule has 30 heavy (non-hydrogen) atoms. The van der Waals surface area contributed by atoms with Crippen molar-refractivity contribution in [3.05, 3.63) is 72.4 Å². The molecule has 0 radical (unpaired) electrons. The second-order valence-corrected chi connectivity index (χ2v) is 6.96. The van der Waals surface area contributed by atoms with Crippen LogP contribution in [0.2, 0.25) is 0 Å². The molecule has 0 N–H and O–H groups in total. The number of imidazole rings is 1. The first-order chi connectivity index (χ1) is 14.6. The minimum atomic E-state index is -0.787. The maximum Gasteiger partial charge on any atom is 0.357 e. The highest BCUT2D eigenvalue weighted by Crippen LogP contribution is 2.25. The van der Waals surface area contributed by atoms with Crippen LogP contribution in [0.5, 0.6) is 0 Å². The maximum atomic E-state index is 13.3. The van der Waals surface area contributed by atoms with E-state index in [-0.39, 0.29) is 17.4 Å². The van der Waals surface area contributed by atoms with Gasteiger partial charge in [0.1, 0.15) is 5.82 Å². The summed E-state index contributed by atoms with van der Waals surface area (Å²) in [6.07, 6.45) is 5.71. The Hall–Kier alpha value is -3.53. The standard InChI is InChI=1S/C20H16FN5O3S/c1-12(18-24-17(25-29-18)13-4-3-9-22-10-13)28-19(27)16-11-23-20(30-2)26(16)15-7-5-14(21)6-8-15/h3-12H,1-2H3. The molecule has 0 aliphatic heterocycles. The van der Waals surface area contributed by atoms with Crippen molar-refractivity contribution in [1.82, 2.24) is 24.7 Å². The molecule has 0 saturated heterocycles. The van der Waals surface area contributed by atoms with Crippen LogP contribution in [0.3, 0.4) is 0 Å². The normalized spacial score (nSPS) is 12.0. The number of hydrogen-bond acceptors (Lipinski definition) is 8. The minimum Gasteiger partial charge on any atom is -0.448 e. The summed E-state index contributed by atoms with van der Waals surface area (Å²) in [6, 6.07) is 9.31. The number of hydrogen-bond donors (Lipinski definition) is 0. The second kappa shape index (κ2) is 8.46. The number of halogens is 1. The number of esters is 1. The van der Waals surface area contributed by atoms with Gasteiger partial charge in [0.15, 0.2) is 17.0 Å². The van der Waals surface area contributed by atoms with E-state index < -0.39 is 12.1 Å². The lowest BCUT2D eigenvalue weighted by atomic mass is 10.3. The molecule has 10 heteroatoms. The van der Waals surface area contributed by atoms with E-state index in [1.54, 1.807) is 48.1 Å². The van der Waals surface area contributed by atoms with Gasteiger partial charge in [-0.05, 0) is 49.6 Å². The molecular formula is C20H16FN5O3S. The highest BCUT2D eigenvalue weighted by molar-refractivity contribution is 7.98. The molecule has 4 aromatic rings. The SMILES string of the molecule is CSc1ncc(C(=O)OC(C)c2nc(-c3cccnc3)no2)n1-c1ccc(F)cc1. The molecule has 0 aliphatic carbocycles. The summed E-state index contributed by atoms with van der Waals surface area (Å²) in [4.78, 5) is 25.4. The summed E-state index contributed by atoms with van der Waals surface area (Å²) in [6.45, 7) is 1.63. The predicted molar refractivity (Wildman–Crippen MR) is 107 cm³/mol. The zero-order chi connectivity index (χ0) is 21.1. The summed E-state index contributed by atoms with van der Waals surface area (Å²) >= 11 is 1.35. The van der Waals surface area contributed by atoms with E-state index in [1.807, 2.05) is 6.26 Å². The van der Waals surface area contributed by atoms with Crippen molar-refractivity contribution in [2.24, 2.45) is 0 Å². The fraction of sp³-hybridized carbons (Fsp3) is 0.150. The molecular weight excluding hydrogens is 409 g/mol. The van der Waals surface area contributed by atoms with E-state index in [4.69, 9.17) is 9.26 Å². The Balaban J connectivity index is 1.57. The molecule has 152 valence electrons. The fourth-order valence-electron chi connectivity index (χ4n) is 2.75. The fourth-order valence-corrected chi connectivity index (χ4v) is 3.29. The lowest BCUT2D eigenvalue weighted by molar-refractivity contribution is 0.0255. The molecule has 0 bridgehead atoms.